The Morgan fingerprint density at radius 3 is 2.67 bits per heavy atom. The number of aromatic nitrogens is 2. The van der Waals surface area contributed by atoms with Crippen LogP contribution in [-0.4, -0.2) is 28.4 Å². The Morgan fingerprint density at radius 1 is 1.19 bits per heavy atom. The molecule has 0 atom stereocenters. The summed E-state index contributed by atoms with van der Waals surface area (Å²) in [4.78, 5) is 30.1. The molecule has 0 aliphatic carbocycles. The number of hydrogen-bond donors (Lipinski definition) is 1. The molecule has 0 saturated carbocycles. The second-order valence-electron chi connectivity index (χ2n) is 7.55. The third kappa shape index (κ3) is 6.00. The highest BCUT2D eigenvalue weighted by molar-refractivity contribution is 9.10. The number of amides is 1. The lowest BCUT2D eigenvalue weighted by molar-refractivity contribution is -0.118. The maximum Gasteiger partial charge on any atom is 0.282 e. The minimum atomic E-state index is -0.444. The number of halogens is 4. The number of hydrogen-bond acceptors (Lipinski definition) is 5. The second-order valence-corrected chi connectivity index (χ2v) is 9.76. The molecule has 0 aliphatic heterocycles. The number of fused-ring (bicyclic) bond motifs is 1. The van der Waals surface area contributed by atoms with Gasteiger partial charge in [0, 0.05) is 27.2 Å². The van der Waals surface area contributed by atoms with E-state index in [-0.39, 0.29) is 12.2 Å². The predicted octanol–water partition coefficient (Wildman–Crippen LogP) is 6.18. The zero-order chi connectivity index (χ0) is 25.8. The fourth-order valence-corrected chi connectivity index (χ4v) is 4.67. The van der Waals surface area contributed by atoms with Crippen molar-refractivity contribution < 1.29 is 13.9 Å². The summed E-state index contributed by atoms with van der Waals surface area (Å²) in [7, 11) is 0. The van der Waals surface area contributed by atoms with Crippen molar-refractivity contribution in [3.63, 3.8) is 0 Å². The number of carbonyl (C=O) groups excluding carboxylic acids is 1. The number of ether oxygens (including phenoxy) is 1. The van der Waals surface area contributed by atoms with E-state index in [2.05, 4.69) is 47.3 Å². The van der Waals surface area contributed by atoms with Gasteiger partial charge >= 0.3 is 0 Å². The summed E-state index contributed by atoms with van der Waals surface area (Å²) < 4.78 is 21.3. The fourth-order valence-electron chi connectivity index (χ4n) is 3.36. The van der Waals surface area contributed by atoms with Gasteiger partial charge in [0.05, 0.1) is 21.6 Å². The molecule has 11 heteroatoms. The number of nitrogens with one attached hydrogen (secondary N) is 1. The first-order valence-electron chi connectivity index (χ1n) is 10.7. The van der Waals surface area contributed by atoms with Gasteiger partial charge in [-0.15, -0.1) is 0 Å². The summed E-state index contributed by atoms with van der Waals surface area (Å²) in [6.45, 7) is 1.55. The van der Waals surface area contributed by atoms with Gasteiger partial charge in [0.15, 0.2) is 6.61 Å². The zero-order valence-electron chi connectivity index (χ0n) is 18.8. The number of nitrogens with zero attached hydrogens (tertiary/aromatic N) is 3. The van der Waals surface area contributed by atoms with Gasteiger partial charge in [-0.2, -0.15) is 9.78 Å². The van der Waals surface area contributed by atoms with Gasteiger partial charge in [-0.25, -0.2) is 9.37 Å². The fraction of sp³-hybridized carbons (Fsp3) is 0.120. The molecule has 1 aromatic heterocycles. The van der Waals surface area contributed by atoms with Crippen molar-refractivity contribution in [1.29, 1.82) is 0 Å². The molecule has 7 nitrogen and oxygen atoms in total. The molecule has 36 heavy (non-hydrogen) atoms. The molecule has 0 saturated heterocycles. The zero-order valence-corrected chi connectivity index (χ0v) is 22.7. The van der Waals surface area contributed by atoms with Crippen molar-refractivity contribution in [1.82, 2.24) is 9.66 Å². The largest absolute Gasteiger partial charge is 0.482 e. The monoisotopic (exact) mass is 634 g/mol. The summed E-state index contributed by atoms with van der Waals surface area (Å²) in [5.41, 5.74) is 1.13. The van der Waals surface area contributed by atoms with E-state index in [1.807, 2.05) is 13.0 Å². The van der Waals surface area contributed by atoms with Crippen LogP contribution in [0.15, 0.2) is 73.4 Å². The van der Waals surface area contributed by atoms with Crippen molar-refractivity contribution in [2.45, 2.75) is 13.3 Å². The summed E-state index contributed by atoms with van der Waals surface area (Å²) >= 11 is 13.0. The smallest absolute Gasteiger partial charge is 0.282 e. The molecule has 0 radical (unpaired) electrons. The number of benzene rings is 3. The van der Waals surface area contributed by atoms with Crippen molar-refractivity contribution in [2.24, 2.45) is 5.10 Å². The highest BCUT2D eigenvalue weighted by atomic mass is 79.9. The van der Waals surface area contributed by atoms with Crippen LogP contribution in [0.5, 0.6) is 5.75 Å². The van der Waals surface area contributed by atoms with Crippen molar-refractivity contribution in [3.05, 3.63) is 96.1 Å². The maximum absolute atomic E-state index is 13.2. The van der Waals surface area contributed by atoms with Gasteiger partial charge in [-0.1, -0.05) is 34.5 Å². The normalized spacial score (nSPS) is 11.2. The Morgan fingerprint density at radius 2 is 1.94 bits per heavy atom. The van der Waals surface area contributed by atoms with Gasteiger partial charge in [0.25, 0.3) is 11.5 Å². The van der Waals surface area contributed by atoms with Crippen LogP contribution in [0.4, 0.5) is 10.1 Å². The first-order chi connectivity index (χ1) is 17.2. The van der Waals surface area contributed by atoms with E-state index in [1.165, 1.54) is 35.2 Å². The topological polar surface area (TPSA) is 85.6 Å². The quantitative estimate of drug-likeness (QED) is 0.246. The maximum atomic E-state index is 13.2. The highest BCUT2D eigenvalue weighted by Gasteiger charge is 2.14. The Balaban J connectivity index is 1.63. The molecule has 184 valence electrons. The van der Waals surface area contributed by atoms with Crippen LogP contribution < -0.4 is 15.6 Å². The summed E-state index contributed by atoms with van der Waals surface area (Å²) in [5.74, 6) is -0.0636. The van der Waals surface area contributed by atoms with Crippen LogP contribution in [0.1, 0.15) is 18.3 Å². The summed E-state index contributed by atoms with van der Waals surface area (Å²) in [6, 6.07) is 13.9. The molecule has 0 spiro atoms. The molecule has 1 heterocycles. The Labute approximate surface area is 227 Å². The minimum Gasteiger partial charge on any atom is -0.482 e. The molecule has 4 aromatic rings. The van der Waals surface area contributed by atoms with Gasteiger partial charge in [-0.3, -0.25) is 9.59 Å². The summed E-state index contributed by atoms with van der Waals surface area (Å²) in [6.07, 6.45) is 1.90. The van der Waals surface area contributed by atoms with Crippen molar-refractivity contribution in [3.8, 4) is 5.75 Å². The first kappa shape index (κ1) is 26.0. The van der Waals surface area contributed by atoms with Crippen LogP contribution in [0.2, 0.25) is 5.02 Å². The number of anilines is 1. The standard InChI is InChI=1S/C25H18Br2ClFN4O3/c1-2-22-32-21-8-3-15(26)10-19(21)25(35)33(22)30-12-14-9-16(28)11-20(27)24(14)36-13-23(34)31-18-6-4-17(29)5-7-18/h3-12H,2,13H2,1H3,(H,31,34). The lowest BCUT2D eigenvalue weighted by Gasteiger charge is -2.13. The SMILES string of the molecule is CCc1nc2ccc(Br)cc2c(=O)n1N=Cc1cc(Cl)cc(Br)c1OCC(=O)Nc1ccc(F)cc1. The molecular formula is C25H18Br2ClFN4O3. The molecule has 0 aliphatic rings. The molecule has 3 aromatic carbocycles. The third-order valence-electron chi connectivity index (χ3n) is 5.02. The van der Waals surface area contributed by atoms with E-state index in [4.69, 9.17) is 16.3 Å². The Bertz CT molecular complexity index is 1540. The van der Waals surface area contributed by atoms with E-state index in [0.717, 1.165) is 4.47 Å². The van der Waals surface area contributed by atoms with Crippen LogP contribution in [-0.2, 0) is 11.2 Å². The van der Waals surface area contributed by atoms with E-state index in [9.17, 15) is 14.0 Å². The highest BCUT2D eigenvalue weighted by Crippen LogP contribution is 2.32. The van der Waals surface area contributed by atoms with E-state index >= 15 is 0 Å². The van der Waals surface area contributed by atoms with Crippen LogP contribution in [0.25, 0.3) is 10.9 Å². The average molecular weight is 637 g/mol. The van der Waals surface area contributed by atoms with E-state index < -0.39 is 11.7 Å². The average Bonchev–Trinajstić information content (AvgIpc) is 2.84. The lowest BCUT2D eigenvalue weighted by atomic mass is 10.2. The Kier molecular flexibility index (Phi) is 8.17. The van der Waals surface area contributed by atoms with Crippen LogP contribution in [0, 0.1) is 5.82 Å². The van der Waals surface area contributed by atoms with Gasteiger partial charge < -0.3 is 10.1 Å². The van der Waals surface area contributed by atoms with Gasteiger partial charge in [0.2, 0.25) is 0 Å². The first-order valence-corrected chi connectivity index (χ1v) is 12.6. The van der Waals surface area contributed by atoms with Crippen LogP contribution >= 0.6 is 43.5 Å². The van der Waals surface area contributed by atoms with Crippen molar-refractivity contribution in [2.75, 3.05) is 11.9 Å². The molecule has 1 N–H and O–H groups in total. The summed E-state index contributed by atoms with van der Waals surface area (Å²) in [5, 5.41) is 7.82. The molecule has 1 amide bonds. The van der Waals surface area contributed by atoms with E-state index in [0.29, 0.717) is 49.6 Å². The molecular weight excluding hydrogens is 619 g/mol. The van der Waals surface area contributed by atoms with Crippen LogP contribution in [0.3, 0.4) is 0 Å². The predicted molar refractivity (Wildman–Crippen MR) is 146 cm³/mol. The molecule has 4 rings (SSSR count). The molecule has 0 fully saturated rings. The lowest BCUT2D eigenvalue weighted by Crippen LogP contribution is -2.22. The number of aryl methyl sites for hydroxylation is 1. The third-order valence-corrected chi connectivity index (χ3v) is 6.32. The molecule has 0 bridgehead atoms. The van der Waals surface area contributed by atoms with E-state index in [1.54, 1.807) is 24.3 Å². The molecule has 0 unspecified atom stereocenters. The number of rotatable bonds is 7. The minimum absolute atomic E-state index is 0.306. The van der Waals surface area contributed by atoms with Gasteiger partial charge in [0.1, 0.15) is 17.4 Å². The number of carbonyl (C=O) groups is 1. The van der Waals surface area contributed by atoms with Gasteiger partial charge in [-0.05, 0) is 70.5 Å². The van der Waals surface area contributed by atoms with Crippen molar-refractivity contribution >= 4 is 72.2 Å². The Hall–Kier alpha value is -3.08. The second kappa shape index (κ2) is 11.3.